The zero-order chi connectivity index (χ0) is 21.4. The summed E-state index contributed by atoms with van der Waals surface area (Å²) in [6, 6.07) is 13.7. The van der Waals surface area contributed by atoms with Crippen LogP contribution in [0.4, 0.5) is 16.2 Å². The fraction of sp³-hybridized carbons (Fsp3) is 0.364. The molecule has 7 heteroatoms. The molecule has 1 aliphatic rings. The Hall–Kier alpha value is -2.91. The minimum atomic E-state index is -0.317. The molecule has 0 aromatic heterocycles. The molecule has 2 amide bonds. The number of benzene rings is 2. The number of amides is 2. The number of nitrogens with zero attached hydrogens (tertiary/aromatic N) is 1. The van der Waals surface area contributed by atoms with Crippen molar-refractivity contribution in [1.82, 2.24) is 5.32 Å². The molecule has 0 unspecified atom stereocenters. The van der Waals surface area contributed by atoms with Crippen LogP contribution in [0, 0.1) is 22.2 Å². The van der Waals surface area contributed by atoms with E-state index >= 15 is 0 Å². The summed E-state index contributed by atoms with van der Waals surface area (Å²) in [6.45, 7) is 8.23. The summed E-state index contributed by atoms with van der Waals surface area (Å²) in [5, 5.41) is 15.3. The molecule has 29 heavy (non-hydrogen) atoms. The molecular weight excluding hydrogens is 388 g/mol. The van der Waals surface area contributed by atoms with Crippen LogP contribution < -0.4 is 21.1 Å². The number of anilines is 2. The predicted molar refractivity (Wildman–Crippen MR) is 115 cm³/mol. The van der Waals surface area contributed by atoms with Crippen LogP contribution in [0.3, 0.4) is 0 Å². The van der Waals surface area contributed by atoms with Gasteiger partial charge in [0.05, 0.1) is 10.6 Å². The van der Waals surface area contributed by atoms with E-state index in [1.54, 1.807) is 42.5 Å². The Labute approximate surface area is 176 Å². The first kappa shape index (κ1) is 20.8. The van der Waals surface area contributed by atoms with Gasteiger partial charge in [-0.15, -0.1) is 0 Å². The summed E-state index contributed by atoms with van der Waals surface area (Å²) in [5.41, 5.74) is 6.76. The third-order valence-electron chi connectivity index (χ3n) is 5.60. The maximum absolute atomic E-state index is 12.5. The molecular formula is C22H25ClN4O2. The van der Waals surface area contributed by atoms with Crippen molar-refractivity contribution >= 4 is 29.0 Å². The van der Waals surface area contributed by atoms with E-state index in [1.165, 1.54) is 0 Å². The highest BCUT2D eigenvalue weighted by atomic mass is 35.5. The zero-order valence-corrected chi connectivity index (χ0v) is 17.7. The molecule has 1 fully saturated rings. The summed E-state index contributed by atoms with van der Waals surface area (Å²) in [6.07, 6.45) is -0.152. The number of nitriles is 1. The quantitative estimate of drug-likeness (QED) is 0.628. The van der Waals surface area contributed by atoms with E-state index in [2.05, 4.69) is 38.3 Å². The van der Waals surface area contributed by atoms with E-state index < -0.39 is 0 Å². The number of urea groups is 1. The van der Waals surface area contributed by atoms with Crippen LogP contribution >= 0.6 is 11.6 Å². The van der Waals surface area contributed by atoms with E-state index in [4.69, 9.17) is 27.3 Å². The van der Waals surface area contributed by atoms with Gasteiger partial charge < -0.3 is 21.1 Å². The van der Waals surface area contributed by atoms with Crippen LogP contribution in [0.5, 0.6) is 5.75 Å². The highest BCUT2D eigenvalue weighted by Gasteiger charge is 2.64. The second-order valence-corrected chi connectivity index (χ2v) is 8.95. The largest absolute Gasteiger partial charge is 0.489 e. The van der Waals surface area contributed by atoms with Crippen LogP contribution in [0.25, 0.3) is 0 Å². The Kier molecular flexibility index (Phi) is 5.38. The van der Waals surface area contributed by atoms with Crippen molar-refractivity contribution in [3.8, 4) is 11.8 Å². The molecule has 6 nitrogen and oxygen atoms in total. The summed E-state index contributed by atoms with van der Waals surface area (Å²) in [5.74, 6) is 0.602. The molecule has 4 N–H and O–H groups in total. The fourth-order valence-corrected chi connectivity index (χ4v) is 4.67. The van der Waals surface area contributed by atoms with Gasteiger partial charge in [-0.05, 0) is 36.4 Å². The lowest BCUT2D eigenvalue weighted by atomic mass is 9.49. The monoisotopic (exact) mass is 412 g/mol. The normalized spacial score (nSPS) is 21.4. The van der Waals surface area contributed by atoms with Crippen molar-refractivity contribution in [2.45, 2.75) is 39.8 Å². The number of nitrogens with two attached hydrogens (primary N) is 1. The van der Waals surface area contributed by atoms with Gasteiger partial charge in [-0.25, -0.2) is 4.79 Å². The Bertz CT molecular complexity index is 948. The van der Waals surface area contributed by atoms with Crippen molar-refractivity contribution in [2.75, 3.05) is 11.1 Å². The molecule has 2 aromatic rings. The van der Waals surface area contributed by atoms with Crippen LogP contribution in [-0.4, -0.2) is 18.2 Å². The van der Waals surface area contributed by atoms with Crippen molar-refractivity contribution in [2.24, 2.45) is 10.8 Å². The average Bonchev–Trinajstić information content (AvgIpc) is 2.66. The molecule has 1 saturated carbocycles. The number of halogens is 1. The molecule has 3 rings (SSSR count). The highest BCUT2D eigenvalue weighted by molar-refractivity contribution is 6.31. The molecule has 0 heterocycles. The first-order valence-electron chi connectivity index (χ1n) is 9.35. The number of rotatable bonds is 4. The number of ether oxygens (including phenoxy) is 1. The molecule has 152 valence electrons. The topological polar surface area (TPSA) is 100 Å². The van der Waals surface area contributed by atoms with Gasteiger partial charge in [0.2, 0.25) is 0 Å². The van der Waals surface area contributed by atoms with E-state index in [0.29, 0.717) is 27.7 Å². The van der Waals surface area contributed by atoms with Gasteiger partial charge >= 0.3 is 6.03 Å². The lowest BCUT2D eigenvalue weighted by Gasteiger charge is -2.63. The minimum Gasteiger partial charge on any atom is -0.489 e. The smallest absolute Gasteiger partial charge is 0.319 e. The predicted octanol–water partition coefficient (Wildman–Crippen LogP) is 4.80. The first-order chi connectivity index (χ1) is 13.6. The van der Waals surface area contributed by atoms with Gasteiger partial charge in [0, 0.05) is 34.3 Å². The number of carbonyl (C=O) groups excluding carboxylic acids is 1. The van der Waals surface area contributed by atoms with Crippen LogP contribution in [-0.2, 0) is 0 Å². The number of nitrogens with one attached hydrogen (secondary N) is 2. The van der Waals surface area contributed by atoms with Gasteiger partial charge in [0.15, 0.2) is 0 Å². The van der Waals surface area contributed by atoms with Crippen molar-refractivity contribution in [1.29, 1.82) is 5.26 Å². The second-order valence-electron chi connectivity index (χ2n) is 8.55. The summed E-state index contributed by atoms with van der Waals surface area (Å²) in [7, 11) is 0. The second kappa shape index (κ2) is 7.49. The van der Waals surface area contributed by atoms with Crippen molar-refractivity contribution < 1.29 is 9.53 Å². The van der Waals surface area contributed by atoms with Gasteiger partial charge in [0.25, 0.3) is 0 Å². The maximum atomic E-state index is 12.5. The molecule has 1 aliphatic carbocycles. The third-order valence-corrected chi connectivity index (χ3v) is 5.91. The Morgan fingerprint density at radius 3 is 2.31 bits per heavy atom. The Morgan fingerprint density at radius 2 is 1.76 bits per heavy atom. The number of hydrogen-bond donors (Lipinski definition) is 3. The zero-order valence-electron chi connectivity index (χ0n) is 16.9. The molecule has 2 aromatic carbocycles. The highest BCUT2D eigenvalue weighted by Crippen LogP contribution is 2.55. The van der Waals surface area contributed by atoms with Gasteiger partial charge in [0.1, 0.15) is 17.9 Å². The molecule has 0 saturated heterocycles. The molecule has 0 radical (unpaired) electrons. The van der Waals surface area contributed by atoms with Crippen LogP contribution in [0.2, 0.25) is 5.02 Å². The molecule has 0 atom stereocenters. The standard InChI is InChI=1S/C22H25ClN4O2/c1-21(2)18(27-20(28)26-15-8-6-14(25)7-9-15)22(3,4)19(21)29-16-10-5-13(12-24)17(23)11-16/h5-11,18-19H,25H2,1-4H3,(H2,26,27,28). The van der Waals surface area contributed by atoms with E-state index in [1.807, 2.05) is 6.07 Å². The summed E-state index contributed by atoms with van der Waals surface area (Å²) < 4.78 is 6.22. The van der Waals surface area contributed by atoms with Crippen molar-refractivity contribution in [3.05, 3.63) is 53.1 Å². The number of carbonyl (C=O) groups is 1. The lowest BCUT2D eigenvalue weighted by Crippen LogP contribution is -2.75. The van der Waals surface area contributed by atoms with Crippen molar-refractivity contribution in [3.63, 3.8) is 0 Å². The van der Waals surface area contributed by atoms with Crippen LogP contribution in [0.15, 0.2) is 42.5 Å². The third kappa shape index (κ3) is 3.96. The summed E-state index contributed by atoms with van der Waals surface area (Å²) in [4.78, 5) is 12.5. The maximum Gasteiger partial charge on any atom is 0.319 e. The molecule has 0 bridgehead atoms. The number of hydrogen-bond acceptors (Lipinski definition) is 4. The van der Waals surface area contributed by atoms with E-state index in [9.17, 15) is 4.79 Å². The Balaban J connectivity index is 1.69. The lowest BCUT2D eigenvalue weighted by molar-refractivity contribution is -0.163. The fourth-order valence-electron chi connectivity index (χ4n) is 4.46. The summed E-state index contributed by atoms with van der Waals surface area (Å²) >= 11 is 6.13. The average molecular weight is 413 g/mol. The number of nitrogen functional groups attached to an aromatic ring is 1. The van der Waals surface area contributed by atoms with Gasteiger partial charge in [-0.3, -0.25) is 0 Å². The van der Waals surface area contributed by atoms with Crippen LogP contribution in [0.1, 0.15) is 33.3 Å². The minimum absolute atomic E-state index is 0.109. The Morgan fingerprint density at radius 1 is 1.14 bits per heavy atom. The molecule has 0 spiro atoms. The van der Waals surface area contributed by atoms with Gasteiger partial charge in [-0.2, -0.15) is 5.26 Å². The van der Waals surface area contributed by atoms with Gasteiger partial charge in [-0.1, -0.05) is 39.3 Å². The SMILES string of the molecule is CC1(C)C(NC(=O)Nc2ccc(N)cc2)C(C)(C)C1Oc1ccc(C#N)c(Cl)c1. The first-order valence-corrected chi connectivity index (χ1v) is 9.73. The van der Waals surface area contributed by atoms with E-state index in [0.717, 1.165) is 0 Å². The molecule has 0 aliphatic heterocycles. The van der Waals surface area contributed by atoms with E-state index in [-0.39, 0.29) is 29.0 Å².